The summed E-state index contributed by atoms with van der Waals surface area (Å²) in [6.07, 6.45) is 1.37. The Balaban J connectivity index is 1.65. The zero-order valence-corrected chi connectivity index (χ0v) is 17.6. The Labute approximate surface area is 165 Å². The molecular formula is C18H27N4O3S2+. The van der Waals surface area contributed by atoms with Crippen molar-refractivity contribution in [3.05, 3.63) is 40.4 Å². The number of nitrogens with zero attached hydrogens (tertiary/aromatic N) is 3. The van der Waals surface area contributed by atoms with Gasteiger partial charge in [-0.05, 0) is 48.8 Å². The van der Waals surface area contributed by atoms with Gasteiger partial charge in [0.15, 0.2) is 16.5 Å². The molecule has 1 aliphatic rings. The fourth-order valence-electron chi connectivity index (χ4n) is 3.51. The molecule has 2 atom stereocenters. The third-order valence-electron chi connectivity index (χ3n) is 5.01. The third kappa shape index (κ3) is 4.97. The molecule has 3 rings (SSSR count). The van der Waals surface area contributed by atoms with Crippen molar-refractivity contribution >= 4 is 22.1 Å². The molecular weight excluding hydrogens is 384 g/mol. The minimum absolute atomic E-state index is 0.142. The Hall–Kier alpha value is -1.71. The van der Waals surface area contributed by atoms with Crippen LogP contribution in [-0.2, 0) is 36.5 Å². The van der Waals surface area contributed by atoms with Gasteiger partial charge in [-0.1, -0.05) is 0 Å². The molecule has 1 saturated heterocycles. The van der Waals surface area contributed by atoms with E-state index in [1.807, 2.05) is 28.4 Å². The van der Waals surface area contributed by atoms with E-state index in [1.165, 1.54) is 10.5 Å². The van der Waals surface area contributed by atoms with Crippen LogP contribution in [0.15, 0.2) is 24.3 Å². The van der Waals surface area contributed by atoms with Crippen LogP contribution in [0.4, 0.5) is 0 Å². The van der Waals surface area contributed by atoms with Gasteiger partial charge in [0.2, 0.25) is 4.77 Å². The normalized spacial score (nSPS) is 19.9. The lowest BCUT2D eigenvalue weighted by molar-refractivity contribution is -0.917. The molecule has 9 heteroatoms. The van der Waals surface area contributed by atoms with Crippen LogP contribution < -0.4 is 9.64 Å². The van der Waals surface area contributed by atoms with E-state index in [2.05, 4.69) is 24.3 Å². The zero-order valence-electron chi connectivity index (χ0n) is 16.0. The van der Waals surface area contributed by atoms with E-state index in [4.69, 9.17) is 17.0 Å². The molecule has 1 aliphatic heterocycles. The smallest absolute Gasteiger partial charge is 0.202 e. The maximum atomic E-state index is 11.7. The first-order valence-corrected chi connectivity index (χ1v) is 11.3. The fourth-order valence-corrected chi connectivity index (χ4v) is 5.58. The minimum atomic E-state index is -2.87. The monoisotopic (exact) mass is 411 g/mol. The molecule has 0 bridgehead atoms. The standard InChI is InChI=1S/C18H26N4O3S2/c1-20(11-14-4-6-16(25-3)7-5-14)13-22-18(26)21(2)17(19-22)10-15-8-9-27(23,24)12-15/h4-7,15H,8-13H2,1-3H3/p+1/t15-/m1/s1. The number of quaternary nitrogens is 1. The van der Waals surface area contributed by atoms with Crippen LogP contribution in [0, 0.1) is 10.7 Å². The quantitative estimate of drug-likeness (QED) is 0.676. The Morgan fingerprint density at radius 2 is 2.04 bits per heavy atom. The largest absolute Gasteiger partial charge is 0.497 e. The van der Waals surface area contributed by atoms with Crippen molar-refractivity contribution in [3.8, 4) is 5.75 Å². The lowest BCUT2D eigenvalue weighted by Gasteiger charge is -2.14. The summed E-state index contributed by atoms with van der Waals surface area (Å²) in [5.74, 6) is 2.40. The van der Waals surface area contributed by atoms with Crippen molar-refractivity contribution in [1.82, 2.24) is 14.3 Å². The average Bonchev–Trinajstić information content (AvgIpc) is 3.09. The Morgan fingerprint density at radius 1 is 1.33 bits per heavy atom. The van der Waals surface area contributed by atoms with Crippen LogP contribution in [0.2, 0.25) is 0 Å². The molecule has 1 unspecified atom stereocenters. The van der Waals surface area contributed by atoms with Crippen LogP contribution in [0.1, 0.15) is 17.8 Å². The number of ether oxygens (including phenoxy) is 1. The lowest BCUT2D eigenvalue weighted by atomic mass is 10.1. The molecule has 1 N–H and O–H groups in total. The summed E-state index contributed by atoms with van der Waals surface area (Å²) in [5.41, 5.74) is 1.21. The molecule has 7 nitrogen and oxygen atoms in total. The summed E-state index contributed by atoms with van der Waals surface area (Å²) < 4.78 is 33.0. The third-order valence-corrected chi connectivity index (χ3v) is 7.34. The summed E-state index contributed by atoms with van der Waals surface area (Å²) in [4.78, 5) is 1.25. The van der Waals surface area contributed by atoms with Crippen LogP contribution >= 0.6 is 12.2 Å². The SMILES string of the molecule is COc1ccc(C[NH+](C)Cn2nc(C[C@H]3CCS(=O)(=O)C3)n(C)c2=S)cc1. The summed E-state index contributed by atoms with van der Waals surface area (Å²) in [6.45, 7) is 1.50. The molecule has 1 aromatic heterocycles. The van der Waals surface area contributed by atoms with Gasteiger partial charge < -0.3 is 14.2 Å². The van der Waals surface area contributed by atoms with Crippen LogP contribution in [0.25, 0.3) is 0 Å². The number of hydrogen-bond donors (Lipinski definition) is 1. The van der Waals surface area contributed by atoms with E-state index in [0.29, 0.717) is 24.3 Å². The topological polar surface area (TPSA) is 70.6 Å². The van der Waals surface area contributed by atoms with Gasteiger partial charge in [0.05, 0.1) is 25.7 Å². The van der Waals surface area contributed by atoms with Crippen molar-refractivity contribution in [2.45, 2.75) is 26.1 Å². The molecule has 2 heterocycles. The second-order valence-corrected chi connectivity index (χ2v) is 9.96. The fraction of sp³-hybridized carbons (Fsp3) is 0.556. The molecule has 148 valence electrons. The predicted molar refractivity (Wildman–Crippen MR) is 106 cm³/mol. The van der Waals surface area contributed by atoms with E-state index in [0.717, 1.165) is 18.1 Å². The highest BCUT2D eigenvalue weighted by Crippen LogP contribution is 2.22. The lowest BCUT2D eigenvalue weighted by Crippen LogP contribution is -3.07. The number of sulfone groups is 1. The van der Waals surface area contributed by atoms with Crippen molar-refractivity contribution in [2.75, 3.05) is 25.7 Å². The molecule has 0 aliphatic carbocycles. The maximum absolute atomic E-state index is 11.7. The average molecular weight is 412 g/mol. The first-order valence-electron chi connectivity index (χ1n) is 9.05. The first-order chi connectivity index (χ1) is 12.8. The maximum Gasteiger partial charge on any atom is 0.202 e. The van der Waals surface area contributed by atoms with Gasteiger partial charge in [0.25, 0.3) is 0 Å². The molecule has 0 amide bonds. The molecule has 0 radical (unpaired) electrons. The van der Waals surface area contributed by atoms with E-state index < -0.39 is 9.84 Å². The summed E-state index contributed by atoms with van der Waals surface area (Å²) >= 11 is 5.53. The molecule has 0 saturated carbocycles. The predicted octanol–water partition coefficient (Wildman–Crippen LogP) is 0.609. The van der Waals surface area contributed by atoms with Crippen molar-refractivity contribution in [3.63, 3.8) is 0 Å². The highest BCUT2D eigenvalue weighted by molar-refractivity contribution is 7.91. The van der Waals surface area contributed by atoms with Crippen molar-refractivity contribution in [2.24, 2.45) is 13.0 Å². The molecule has 0 spiro atoms. The van der Waals surface area contributed by atoms with E-state index >= 15 is 0 Å². The number of hydrogen-bond acceptors (Lipinski definition) is 5. The number of nitrogens with one attached hydrogen (secondary N) is 1. The molecule has 2 aromatic rings. The van der Waals surface area contributed by atoms with Crippen LogP contribution in [-0.4, -0.2) is 48.4 Å². The van der Waals surface area contributed by atoms with Crippen LogP contribution in [0.3, 0.4) is 0 Å². The molecule has 27 heavy (non-hydrogen) atoms. The van der Waals surface area contributed by atoms with Gasteiger partial charge in [0.1, 0.15) is 18.1 Å². The van der Waals surface area contributed by atoms with Crippen LogP contribution in [0.5, 0.6) is 5.75 Å². The highest BCUT2D eigenvalue weighted by Gasteiger charge is 2.29. The highest BCUT2D eigenvalue weighted by atomic mass is 32.2. The minimum Gasteiger partial charge on any atom is -0.497 e. The zero-order chi connectivity index (χ0) is 19.6. The van der Waals surface area contributed by atoms with Gasteiger partial charge in [-0.2, -0.15) is 9.78 Å². The van der Waals surface area contributed by atoms with Gasteiger partial charge >= 0.3 is 0 Å². The number of aromatic nitrogens is 3. The van der Waals surface area contributed by atoms with Crippen molar-refractivity contribution in [1.29, 1.82) is 0 Å². The van der Waals surface area contributed by atoms with E-state index in [1.54, 1.807) is 7.11 Å². The second-order valence-electron chi connectivity index (χ2n) is 7.37. The summed E-state index contributed by atoms with van der Waals surface area (Å²) in [5, 5.41) is 4.67. The Morgan fingerprint density at radius 3 is 2.63 bits per heavy atom. The van der Waals surface area contributed by atoms with Gasteiger partial charge in [-0.25, -0.2) is 8.42 Å². The van der Waals surface area contributed by atoms with E-state index in [9.17, 15) is 8.42 Å². The summed E-state index contributed by atoms with van der Waals surface area (Å²) in [7, 11) is 2.79. The van der Waals surface area contributed by atoms with Crippen molar-refractivity contribution < 1.29 is 18.1 Å². The second kappa shape index (κ2) is 8.12. The first kappa shape index (κ1) is 20.0. The van der Waals surface area contributed by atoms with Gasteiger partial charge in [0, 0.05) is 19.0 Å². The molecule has 1 fully saturated rings. The number of benzene rings is 1. The number of methoxy groups -OCH3 is 1. The molecule has 1 aromatic carbocycles. The summed E-state index contributed by atoms with van der Waals surface area (Å²) in [6, 6.07) is 8.05. The Kier molecular flexibility index (Phi) is 6.02. The van der Waals surface area contributed by atoms with Gasteiger partial charge in [-0.3, -0.25) is 0 Å². The van der Waals surface area contributed by atoms with Gasteiger partial charge in [-0.15, -0.1) is 0 Å². The number of rotatable bonds is 7. The Bertz CT molecular complexity index is 948. The van der Waals surface area contributed by atoms with E-state index in [-0.39, 0.29) is 17.4 Å².